The van der Waals surface area contributed by atoms with Crippen molar-refractivity contribution in [1.82, 2.24) is 0 Å². The standard InChI is InChI=1S/C11H9ClO/c12-10-6-2-1-4-8(10)9-5-3-7-11(9)13/h1-4,6-7,9H,5H2. The molecule has 1 aliphatic carbocycles. The van der Waals surface area contributed by atoms with Crippen molar-refractivity contribution in [2.24, 2.45) is 0 Å². The fraction of sp³-hybridized carbons (Fsp3) is 0.182. The molecule has 2 heteroatoms. The van der Waals surface area contributed by atoms with E-state index in [9.17, 15) is 4.79 Å². The lowest BCUT2D eigenvalue weighted by atomic mass is 9.96. The molecule has 1 aromatic carbocycles. The number of carbonyl (C=O) groups excluding carboxylic acids is 1. The summed E-state index contributed by atoms with van der Waals surface area (Å²) in [6.45, 7) is 0. The van der Waals surface area contributed by atoms with Gasteiger partial charge in [-0.1, -0.05) is 35.9 Å². The van der Waals surface area contributed by atoms with Crippen LogP contribution in [0, 0.1) is 0 Å². The van der Waals surface area contributed by atoms with E-state index in [0.717, 1.165) is 12.0 Å². The number of hydrogen-bond donors (Lipinski definition) is 0. The first kappa shape index (κ1) is 8.52. The lowest BCUT2D eigenvalue weighted by Gasteiger charge is -2.09. The molecular formula is C11H9ClO. The predicted octanol–water partition coefficient (Wildman–Crippen LogP) is 2.95. The van der Waals surface area contributed by atoms with Crippen molar-refractivity contribution in [2.75, 3.05) is 0 Å². The van der Waals surface area contributed by atoms with Gasteiger partial charge in [-0.25, -0.2) is 0 Å². The lowest BCUT2D eigenvalue weighted by molar-refractivity contribution is -0.115. The molecule has 0 aromatic heterocycles. The molecule has 0 bridgehead atoms. The monoisotopic (exact) mass is 192 g/mol. The number of benzene rings is 1. The summed E-state index contributed by atoms with van der Waals surface area (Å²) in [5, 5.41) is 0.685. The Morgan fingerprint density at radius 1 is 1.31 bits per heavy atom. The summed E-state index contributed by atoms with van der Waals surface area (Å²) < 4.78 is 0. The number of allylic oxidation sites excluding steroid dienone is 2. The van der Waals surface area contributed by atoms with Crippen LogP contribution < -0.4 is 0 Å². The maximum Gasteiger partial charge on any atom is 0.163 e. The molecule has 1 aromatic rings. The van der Waals surface area contributed by atoms with Gasteiger partial charge < -0.3 is 0 Å². The summed E-state index contributed by atoms with van der Waals surface area (Å²) in [5.74, 6) is 0.113. The zero-order valence-corrected chi connectivity index (χ0v) is 7.79. The molecule has 1 unspecified atom stereocenters. The Balaban J connectivity index is 2.36. The molecule has 1 aliphatic rings. The first-order chi connectivity index (χ1) is 6.29. The third-order valence-corrected chi connectivity index (χ3v) is 2.62. The maximum atomic E-state index is 11.4. The summed E-state index contributed by atoms with van der Waals surface area (Å²) in [5.41, 5.74) is 0.944. The summed E-state index contributed by atoms with van der Waals surface area (Å²) >= 11 is 5.99. The van der Waals surface area contributed by atoms with Crippen LogP contribution in [0.25, 0.3) is 0 Å². The van der Waals surface area contributed by atoms with Crippen molar-refractivity contribution in [1.29, 1.82) is 0 Å². The Labute approximate surface area is 82.0 Å². The fourth-order valence-electron chi connectivity index (χ4n) is 1.59. The van der Waals surface area contributed by atoms with Gasteiger partial charge in [-0.15, -0.1) is 0 Å². The highest BCUT2D eigenvalue weighted by molar-refractivity contribution is 6.31. The molecule has 0 saturated carbocycles. The number of halogens is 1. The van der Waals surface area contributed by atoms with E-state index in [0.29, 0.717) is 5.02 Å². The molecule has 66 valence electrons. The highest BCUT2D eigenvalue weighted by Crippen LogP contribution is 2.31. The predicted molar refractivity (Wildman–Crippen MR) is 53.0 cm³/mol. The van der Waals surface area contributed by atoms with Crippen LogP contribution in [0.4, 0.5) is 0 Å². The van der Waals surface area contributed by atoms with Crippen molar-refractivity contribution < 1.29 is 4.79 Å². The smallest absolute Gasteiger partial charge is 0.163 e. The molecule has 0 saturated heterocycles. The van der Waals surface area contributed by atoms with E-state index in [4.69, 9.17) is 11.6 Å². The highest BCUT2D eigenvalue weighted by atomic mass is 35.5. The molecule has 13 heavy (non-hydrogen) atoms. The lowest BCUT2D eigenvalue weighted by Crippen LogP contribution is -2.04. The van der Waals surface area contributed by atoms with Gasteiger partial charge in [0.1, 0.15) is 0 Å². The molecular weight excluding hydrogens is 184 g/mol. The largest absolute Gasteiger partial charge is 0.294 e. The Morgan fingerprint density at radius 3 is 2.69 bits per heavy atom. The Hall–Kier alpha value is -1.08. The summed E-state index contributed by atoms with van der Waals surface area (Å²) in [7, 11) is 0. The van der Waals surface area contributed by atoms with Gasteiger partial charge >= 0.3 is 0 Å². The van der Waals surface area contributed by atoms with E-state index < -0.39 is 0 Å². The molecule has 1 nitrogen and oxygen atoms in total. The molecule has 0 N–H and O–H groups in total. The van der Waals surface area contributed by atoms with E-state index in [-0.39, 0.29) is 11.7 Å². The van der Waals surface area contributed by atoms with Crippen molar-refractivity contribution in [2.45, 2.75) is 12.3 Å². The number of ketones is 1. The molecule has 2 rings (SSSR count). The quantitative estimate of drug-likeness (QED) is 0.669. The minimum atomic E-state index is -0.0475. The second kappa shape index (κ2) is 3.35. The van der Waals surface area contributed by atoms with Gasteiger partial charge in [0.15, 0.2) is 5.78 Å². The molecule has 0 spiro atoms. The van der Waals surface area contributed by atoms with Crippen LogP contribution in [0.2, 0.25) is 5.02 Å². The van der Waals surface area contributed by atoms with Crippen molar-refractivity contribution >= 4 is 17.4 Å². The Kier molecular flexibility index (Phi) is 2.19. The zero-order chi connectivity index (χ0) is 9.26. The number of hydrogen-bond acceptors (Lipinski definition) is 1. The van der Waals surface area contributed by atoms with Gasteiger partial charge in [0.05, 0.1) is 5.92 Å². The van der Waals surface area contributed by atoms with Crippen molar-refractivity contribution in [3.8, 4) is 0 Å². The normalized spacial score (nSPS) is 21.0. The minimum absolute atomic E-state index is 0.0475. The molecule has 0 amide bonds. The van der Waals surface area contributed by atoms with Crippen molar-refractivity contribution in [3.05, 3.63) is 47.0 Å². The van der Waals surface area contributed by atoms with Crippen LogP contribution in [0.5, 0.6) is 0 Å². The van der Waals surface area contributed by atoms with Gasteiger partial charge in [-0.05, 0) is 24.1 Å². The number of carbonyl (C=O) groups is 1. The third-order valence-electron chi connectivity index (χ3n) is 2.28. The van der Waals surface area contributed by atoms with E-state index in [2.05, 4.69) is 0 Å². The average molecular weight is 193 g/mol. The van der Waals surface area contributed by atoms with Crippen LogP contribution in [0.15, 0.2) is 36.4 Å². The van der Waals surface area contributed by atoms with Gasteiger partial charge in [0.2, 0.25) is 0 Å². The Bertz CT molecular complexity index is 368. The van der Waals surface area contributed by atoms with Crippen molar-refractivity contribution in [3.63, 3.8) is 0 Å². The first-order valence-corrected chi connectivity index (χ1v) is 4.61. The summed E-state index contributed by atoms with van der Waals surface area (Å²) in [6.07, 6.45) is 4.31. The van der Waals surface area contributed by atoms with Gasteiger partial charge in [0.25, 0.3) is 0 Å². The summed E-state index contributed by atoms with van der Waals surface area (Å²) in [4.78, 5) is 11.4. The first-order valence-electron chi connectivity index (χ1n) is 4.24. The summed E-state index contributed by atoms with van der Waals surface area (Å²) in [6, 6.07) is 7.52. The van der Waals surface area contributed by atoms with E-state index in [1.807, 2.05) is 30.3 Å². The molecule has 0 fully saturated rings. The van der Waals surface area contributed by atoms with Gasteiger partial charge in [0, 0.05) is 5.02 Å². The van der Waals surface area contributed by atoms with Gasteiger partial charge in [-0.3, -0.25) is 4.79 Å². The van der Waals surface area contributed by atoms with Crippen LogP contribution in [-0.4, -0.2) is 5.78 Å². The zero-order valence-electron chi connectivity index (χ0n) is 7.03. The average Bonchev–Trinajstić information content (AvgIpc) is 2.52. The van der Waals surface area contributed by atoms with Crippen LogP contribution in [-0.2, 0) is 4.79 Å². The topological polar surface area (TPSA) is 17.1 Å². The Morgan fingerprint density at radius 2 is 2.08 bits per heavy atom. The second-order valence-electron chi connectivity index (χ2n) is 3.11. The van der Waals surface area contributed by atoms with E-state index in [1.54, 1.807) is 6.08 Å². The van der Waals surface area contributed by atoms with Gasteiger partial charge in [-0.2, -0.15) is 0 Å². The maximum absolute atomic E-state index is 11.4. The SMILES string of the molecule is O=C1C=CCC1c1ccccc1Cl. The van der Waals surface area contributed by atoms with E-state index in [1.165, 1.54) is 0 Å². The van der Waals surface area contributed by atoms with E-state index >= 15 is 0 Å². The molecule has 0 heterocycles. The van der Waals surface area contributed by atoms with Crippen LogP contribution >= 0.6 is 11.6 Å². The minimum Gasteiger partial charge on any atom is -0.294 e. The van der Waals surface area contributed by atoms with Crippen LogP contribution in [0.1, 0.15) is 17.9 Å². The fourth-order valence-corrected chi connectivity index (χ4v) is 1.86. The second-order valence-corrected chi connectivity index (χ2v) is 3.52. The third kappa shape index (κ3) is 1.52. The molecule has 0 radical (unpaired) electrons. The highest BCUT2D eigenvalue weighted by Gasteiger charge is 2.22. The van der Waals surface area contributed by atoms with Crippen LogP contribution in [0.3, 0.4) is 0 Å². The number of rotatable bonds is 1. The molecule has 0 aliphatic heterocycles. The molecule has 1 atom stereocenters.